The number of alkyl halides is 3. The molecule has 206 valence electrons. The van der Waals surface area contributed by atoms with Crippen molar-refractivity contribution in [3.63, 3.8) is 0 Å². The minimum Gasteiger partial charge on any atom is -0.353 e. The molecule has 0 aliphatic heterocycles. The van der Waals surface area contributed by atoms with Crippen LogP contribution in [0.15, 0.2) is 79.6 Å². The van der Waals surface area contributed by atoms with E-state index in [4.69, 9.17) is 0 Å². The number of anilines is 1. The number of aromatic nitrogens is 7. The lowest BCUT2D eigenvalue weighted by Gasteiger charge is -2.13. The van der Waals surface area contributed by atoms with Crippen molar-refractivity contribution in [1.82, 2.24) is 40.2 Å². The molecule has 1 aromatic carbocycles. The van der Waals surface area contributed by atoms with Gasteiger partial charge in [-0.15, -0.1) is 0 Å². The molecule has 0 spiro atoms. The molecule has 0 unspecified atom stereocenters. The van der Waals surface area contributed by atoms with Crippen LogP contribution in [0, 0.1) is 0 Å². The Kier molecular flexibility index (Phi) is 6.46. The van der Waals surface area contributed by atoms with Gasteiger partial charge in [-0.2, -0.15) is 23.4 Å². The second-order valence-electron chi connectivity index (χ2n) is 9.13. The number of pyridine rings is 2. The smallest absolute Gasteiger partial charge is 0.353 e. The number of hydrogen-bond acceptors (Lipinski definition) is 5. The number of nitrogens with zero attached hydrogens (tertiary/aromatic N) is 5. The largest absolute Gasteiger partial charge is 0.419 e. The van der Waals surface area contributed by atoms with E-state index in [2.05, 4.69) is 40.9 Å². The average molecular weight is 558 g/mol. The first kappa shape index (κ1) is 25.8. The summed E-state index contributed by atoms with van der Waals surface area (Å²) in [5.41, 5.74) is 4.44. The lowest BCUT2D eigenvalue weighted by atomic mass is 10.0. The first-order chi connectivity index (χ1) is 19.8. The lowest BCUT2D eigenvalue weighted by Crippen LogP contribution is -2.28. The lowest BCUT2D eigenvalue weighted by molar-refractivity contribution is -0.137. The highest BCUT2D eigenvalue weighted by Gasteiger charge is 2.32. The third kappa shape index (κ3) is 5.12. The van der Waals surface area contributed by atoms with Crippen molar-refractivity contribution in [1.29, 1.82) is 0 Å². The van der Waals surface area contributed by atoms with Crippen LogP contribution in [-0.4, -0.2) is 47.5 Å². The number of halogens is 3. The number of carbonyl (C=O) groups excluding carboxylic acids is 1. The molecule has 41 heavy (non-hydrogen) atoms. The van der Waals surface area contributed by atoms with Crippen LogP contribution in [0.25, 0.3) is 50.2 Å². The van der Waals surface area contributed by atoms with Gasteiger partial charge in [0.15, 0.2) is 0 Å². The number of amides is 2. The van der Waals surface area contributed by atoms with Gasteiger partial charge in [-0.25, -0.2) is 14.5 Å². The van der Waals surface area contributed by atoms with Gasteiger partial charge in [0, 0.05) is 70.6 Å². The zero-order valence-electron chi connectivity index (χ0n) is 21.5. The van der Waals surface area contributed by atoms with E-state index in [0.29, 0.717) is 17.7 Å². The zero-order chi connectivity index (χ0) is 28.6. The molecule has 6 aromatic rings. The van der Waals surface area contributed by atoms with Crippen LogP contribution in [0.1, 0.15) is 12.5 Å². The molecule has 0 saturated carbocycles. The van der Waals surface area contributed by atoms with Crippen molar-refractivity contribution in [3.05, 3.63) is 85.2 Å². The summed E-state index contributed by atoms with van der Waals surface area (Å²) in [6.07, 6.45) is 3.45. The summed E-state index contributed by atoms with van der Waals surface area (Å²) in [5.74, 6) is 0.138. The fraction of sp³-hybridized carbons (Fsp3) is 0.107. The number of fused-ring (bicyclic) bond motifs is 1. The van der Waals surface area contributed by atoms with E-state index in [0.717, 1.165) is 50.5 Å². The fourth-order valence-electron chi connectivity index (χ4n) is 4.50. The van der Waals surface area contributed by atoms with Gasteiger partial charge in [-0.3, -0.25) is 15.4 Å². The fourth-order valence-corrected chi connectivity index (χ4v) is 4.50. The van der Waals surface area contributed by atoms with Crippen LogP contribution < -0.4 is 10.6 Å². The number of carbonyl (C=O) groups is 1. The Morgan fingerprint density at radius 1 is 1.00 bits per heavy atom. The van der Waals surface area contributed by atoms with Crippen LogP contribution in [0.4, 0.5) is 23.8 Å². The van der Waals surface area contributed by atoms with Gasteiger partial charge in [-0.1, -0.05) is 18.2 Å². The Morgan fingerprint density at radius 2 is 1.80 bits per heavy atom. The number of urea groups is 1. The summed E-state index contributed by atoms with van der Waals surface area (Å²) in [6.45, 7) is 2.14. The van der Waals surface area contributed by atoms with E-state index in [-0.39, 0.29) is 11.5 Å². The molecule has 13 heteroatoms. The van der Waals surface area contributed by atoms with Crippen LogP contribution in [0.5, 0.6) is 0 Å². The average Bonchev–Trinajstić information content (AvgIpc) is 3.72. The van der Waals surface area contributed by atoms with E-state index in [1.54, 1.807) is 25.5 Å². The van der Waals surface area contributed by atoms with Crippen molar-refractivity contribution in [2.45, 2.75) is 13.1 Å². The SMILES string of the molecule is CCNC(=O)Nc1cc(-n2cc(C(F)(F)F)cn2)c(-c2cncc(-c3cn[nH]c3-c3cc4ccccc4[nH]3)c2)cn1. The molecule has 5 heterocycles. The number of nitrogens with one attached hydrogen (secondary N) is 4. The highest BCUT2D eigenvalue weighted by Crippen LogP contribution is 2.36. The molecule has 4 N–H and O–H groups in total. The van der Waals surface area contributed by atoms with Gasteiger partial charge in [0.25, 0.3) is 0 Å². The highest BCUT2D eigenvalue weighted by molar-refractivity contribution is 5.91. The maximum atomic E-state index is 13.4. The molecule has 0 bridgehead atoms. The molecular formula is C28H22F3N9O. The summed E-state index contributed by atoms with van der Waals surface area (Å²) in [4.78, 5) is 24.2. The number of benzene rings is 1. The summed E-state index contributed by atoms with van der Waals surface area (Å²) in [5, 5.41) is 17.4. The minimum atomic E-state index is -4.57. The molecule has 0 aliphatic carbocycles. The summed E-state index contributed by atoms with van der Waals surface area (Å²) >= 11 is 0. The van der Waals surface area contributed by atoms with Gasteiger partial charge in [0.05, 0.1) is 35.0 Å². The van der Waals surface area contributed by atoms with Gasteiger partial charge in [-0.05, 0) is 25.1 Å². The molecule has 6 rings (SSSR count). The highest BCUT2D eigenvalue weighted by atomic mass is 19.4. The van der Waals surface area contributed by atoms with Gasteiger partial charge >= 0.3 is 12.2 Å². The Labute approximate surface area is 230 Å². The van der Waals surface area contributed by atoms with Gasteiger partial charge in [0.1, 0.15) is 5.82 Å². The van der Waals surface area contributed by atoms with Gasteiger partial charge < -0.3 is 10.3 Å². The Hall–Kier alpha value is -5.46. The first-order valence-electron chi connectivity index (χ1n) is 12.5. The van der Waals surface area contributed by atoms with Crippen molar-refractivity contribution < 1.29 is 18.0 Å². The Morgan fingerprint density at radius 3 is 2.56 bits per heavy atom. The molecular weight excluding hydrogens is 535 g/mol. The van der Waals surface area contributed by atoms with E-state index in [1.165, 1.54) is 12.3 Å². The van der Waals surface area contributed by atoms with Crippen LogP contribution >= 0.6 is 0 Å². The second kappa shape index (κ2) is 10.3. The number of rotatable bonds is 6. The summed E-state index contributed by atoms with van der Waals surface area (Å²) in [6, 6.07) is 12.7. The zero-order valence-corrected chi connectivity index (χ0v) is 21.5. The third-order valence-corrected chi connectivity index (χ3v) is 6.42. The molecule has 5 aromatic heterocycles. The van der Waals surface area contributed by atoms with Crippen molar-refractivity contribution >= 4 is 22.8 Å². The number of aromatic amines is 2. The van der Waals surface area contributed by atoms with Crippen LogP contribution in [0.3, 0.4) is 0 Å². The molecule has 0 aliphatic rings. The standard InChI is InChI=1S/C28H22F3N9O/c1-2-33-27(41)38-25-9-24(40-15-19(12-36-40)28(29,30)31)20(13-34-25)17-7-18(11-32-10-17)21-14-35-39-26(21)23-8-16-5-3-4-6-22(16)37-23/h3-15,37H,2H2,1H3,(H,35,39)(H2,33,34,38,41). The Bertz CT molecular complexity index is 1840. The molecule has 0 fully saturated rings. The van der Waals surface area contributed by atoms with Crippen molar-refractivity contribution in [3.8, 4) is 39.3 Å². The second-order valence-corrected chi connectivity index (χ2v) is 9.13. The quantitative estimate of drug-likeness (QED) is 0.199. The van der Waals surface area contributed by atoms with E-state index in [9.17, 15) is 18.0 Å². The molecule has 0 radical (unpaired) electrons. The molecule has 0 saturated heterocycles. The third-order valence-electron chi connectivity index (χ3n) is 6.42. The Balaban J connectivity index is 1.43. The normalized spacial score (nSPS) is 11.6. The van der Waals surface area contributed by atoms with Crippen LogP contribution in [0.2, 0.25) is 0 Å². The van der Waals surface area contributed by atoms with E-state index >= 15 is 0 Å². The van der Waals surface area contributed by atoms with Crippen molar-refractivity contribution in [2.75, 3.05) is 11.9 Å². The summed E-state index contributed by atoms with van der Waals surface area (Å²) < 4.78 is 41.2. The monoisotopic (exact) mass is 557 g/mol. The maximum absolute atomic E-state index is 13.4. The predicted octanol–water partition coefficient (Wildman–Crippen LogP) is 6.03. The number of H-pyrrole nitrogens is 2. The number of hydrogen-bond donors (Lipinski definition) is 4. The molecule has 2 amide bonds. The van der Waals surface area contributed by atoms with E-state index in [1.807, 2.05) is 36.4 Å². The summed E-state index contributed by atoms with van der Waals surface area (Å²) in [7, 11) is 0. The first-order valence-corrected chi connectivity index (χ1v) is 12.5. The molecule has 10 nitrogen and oxygen atoms in total. The number of para-hydroxylation sites is 1. The van der Waals surface area contributed by atoms with E-state index < -0.39 is 17.8 Å². The minimum absolute atomic E-state index is 0.138. The topological polar surface area (TPSA) is 129 Å². The predicted molar refractivity (Wildman–Crippen MR) is 147 cm³/mol. The maximum Gasteiger partial charge on any atom is 0.419 e. The molecule has 0 atom stereocenters. The van der Waals surface area contributed by atoms with Crippen LogP contribution in [-0.2, 0) is 6.18 Å². The van der Waals surface area contributed by atoms with Gasteiger partial charge in [0.2, 0.25) is 0 Å². The van der Waals surface area contributed by atoms with Crippen molar-refractivity contribution in [2.24, 2.45) is 0 Å².